The molecule has 0 unspecified atom stereocenters. The van der Waals surface area contributed by atoms with E-state index < -0.39 is 0 Å². The molecular weight excluding hydrogens is 230 g/mol. The number of hydrogen-bond acceptors (Lipinski definition) is 3. The van der Waals surface area contributed by atoms with Gasteiger partial charge in [-0.1, -0.05) is 5.92 Å². The molecule has 3 aromatic rings. The van der Waals surface area contributed by atoms with Crippen LogP contribution < -0.4 is 5.56 Å². The van der Waals surface area contributed by atoms with Crippen LogP contribution in [0.1, 0.15) is 11.6 Å². The highest BCUT2D eigenvalue weighted by molar-refractivity contribution is 5.83. The largest absolute Gasteiger partial charge is 0.460 e. The molecule has 0 spiro atoms. The van der Waals surface area contributed by atoms with Crippen molar-refractivity contribution in [1.82, 2.24) is 14.2 Å². The molecule has 5 nitrogen and oxygen atoms in total. The minimum Gasteiger partial charge on any atom is -0.460 e. The monoisotopic (exact) mass is 241 g/mol. The van der Waals surface area contributed by atoms with Crippen molar-refractivity contribution in [2.75, 3.05) is 0 Å². The quantitative estimate of drug-likeness (QED) is 0.606. The molecule has 5 heteroatoms. The molecule has 0 saturated carbocycles. The minimum atomic E-state index is -0.206. The Morgan fingerprint density at radius 1 is 1.39 bits per heavy atom. The third kappa shape index (κ3) is 1.29. The summed E-state index contributed by atoms with van der Waals surface area (Å²) in [5, 5.41) is 4.21. The summed E-state index contributed by atoms with van der Waals surface area (Å²) in [6, 6.07) is 3.62. The molecule has 0 aliphatic carbocycles. The van der Waals surface area contributed by atoms with Crippen molar-refractivity contribution in [1.29, 1.82) is 0 Å². The zero-order valence-electron chi connectivity index (χ0n) is 10.1. The lowest BCUT2D eigenvalue weighted by Gasteiger charge is -2.04. The number of terminal acetylenes is 1. The average Bonchev–Trinajstić information content (AvgIpc) is 2.81. The maximum Gasteiger partial charge on any atom is 0.292 e. The summed E-state index contributed by atoms with van der Waals surface area (Å²) in [5.41, 5.74) is 1.87. The van der Waals surface area contributed by atoms with Gasteiger partial charge in [-0.3, -0.25) is 9.20 Å². The smallest absolute Gasteiger partial charge is 0.292 e. The molecule has 0 bridgehead atoms. The standard InChI is InChI=1S/C13H11N3O2/c1-4-5-15-13(17)11-7-12-10(6-8(2)18-12)16(11)9(3)14-15/h1,6-7H,5H2,2-3H3. The van der Waals surface area contributed by atoms with E-state index in [1.54, 1.807) is 10.5 Å². The van der Waals surface area contributed by atoms with Gasteiger partial charge in [0.1, 0.15) is 23.6 Å². The van der Waals surface area contributed by atoms with Gasteiger partial charge >= 0.3 is 0 Å². The normalized spacial score (nSPS) is 11.2. The molecule has 0 aromatic carbocycles. The summed E-state index contributed by atoms with van der Waals surface area (Å²) in [4.78, 5) is 12.2. The molecule has 3 rings (SSSR count). The zero-order valence-corrected chi connectivity index (χ0v) is 10.1. The van der Waals surface area contributed by atoms with E-state index in [1.807, 2.05) is 19.9 Å². The predicted molar refractivity (Wildman–Crippen MR) is 67.5 cm³/mol. The van der Waals surface area contributed by atoms with Crippen molar-refractivity contribution in [2.45, 2.75) is 20.4 Å². The van der Waals surface area contributed by atoms with Crippen LogP contribution in [0.3, 0.4) is 0 Å². The van der Waals surface area contributed by atoms with Crippen molar-refractivity contribution in [3.05, 3.63) is 34.1 Å². The molecule has 3 heterocycles. The molecule has 0 aliphatic rings. The number of furan rings is 1. The van der Waals surface area contributed by atoms with Gasteiger partial charge in [0.25, 0.3) is 5.56 Å². The third-order valence-corrected chi connectivity index (χ3v) is 2.90. The van der Waals surface area contributed by atoms with Crippen LogP contribution in [0.15, 0.2) is 21.3 Å². The minimum absolute atomic E-state index is 0.168. The highest BCUT2D eigenvalue weighted by atomic mass is 16.3. The summed E-state index contributed by atoms with van der Waals surface area (Å²) in [6.45, 7) is 3.87. The molecule has 0 N–H and O–H groups in total. The van der Waals surface area contributed by atoms with Gasteiger partial charge in [-0.15, -0.1) is 6.42 Å². The lowest BCUT2D eigenvalue weighted by molar-refractivity contribution is 0.579. The van der Waals surface area contributed by atoms with Crippen molar-refractivity contribution < 1.29 is 4.42 Å². The zero-order chi connectivity index (χ0) is 12.9. The fourth-order valence-electron chi connectivity index (χ4n) is 2.21. The molecular formula is C13H11N3O2. The van der Waals surface area contributed by atoms with E-state index in [0.717, 1.165) is 11.3 Å². The van der Waals surface area contributed by atoms with E-state index in [9.17, 15) is 4.79 Å². The first-order valence-corrected chi connectivity index (χ1v) is 5.54. The molecule has 18 heavy (non-hydrogen) atoms. The summed E-state index contributed by atoms with van der Waals surface area (Å²) >= 11 is 0. The Hall–Kier alpha value is -2.48. The van der Waals surface area contributed by atoms with Gasteiger partial charge in [-0.2, -0.15) is 5.10 Å². The molecule has 90 valence electrons. The van der Waals surface area contributed by atoms with Crippen LogP contribution in [-0.4, -0.2) is 14.2 Å². The second kappa shape index (κ2) is 3.50. The summed E-state index contributed by atoms with van der Waals surface area (Å²) < 4.78 is 8.61. The van der Waals surface area contributed by atoms with E-state index >= 15 is 0 Å². The van der Waals surface area contributed by atoms with Gasteiger partial charge < -0.3 is 4.42 Å². The number of aromatic nitrogens is 3. The Balaban J connectivity index is 2.49. The number of rotatable bonds is 1. The molecule has 0 aliphatic heterocycles. The van der Waals surface area contributed by atoms with E-state index in [0.29, 0.717) is 16.9 Å². The number of nitrogens with zero attached hydrogens (tertiary/aromatic N) is 3. The molecule has 0 saturated heterocycles. The first kappa shape index (κ1) is 10.7. The van der Waals surface area contributed by atoms with Gasteiger partial charge in [-0.05, 0) is 13.8 Å². The number of hydrogen-bond donors (Lipinski definition) is 0. The third-order valence-electron chi connectivity index (χ3n) is 2.90. The fraction of sp³-hybridized carbons (Fsp3) is 0.231. The maximum absolute atomic E-state index is 12.2. The molecule has 0 fully saturated rings. The van der Waals surface area contributed by atoms with E-state index in [-0.39, 0.29) is 12.1 Å². The topological polar surface area (TPSA) is 52.4 Å². The SMILES string of the molecule is C#CCn1nc(C)n2c(cc3oc(C)cc32)c1=O. The Labute approximate surface area is 103 Å². The van der Waals surface area contributed by atoms with Crippen LogP contribution in [-0.2, 0) is 6.54 Å². The van der Waals surface area contributed by atoms with E-state index in [1.165, 1.54) is 4.68 Å². The van der Waals surface area contributed by atoms with E-state index in [4.69, 9.17) is 10.8 Å². The number of aryl methyl sites for hydroxylation is 2. The predicted octanol–water partition coefficient (Wildman–Crippen LogP) is 1.49. The number of fused-ring (bicyclic) bond motifs is 3. The molecule has 0 radical (unpaired) electrons. The first-order chi connectivity index (χ1) is 8.61. The fourth-order valence-corrected chi connectivity index (χ4v) is 2.21. The highest BCUT2D eigenvalue weighted by Gasteiger charge is 2.14. The first-order valence-electron chi connectivity index (χ1n) is 5.54. The van der Waals surface area contributed by atoms with Gasteiger partial charge in [-0.25, -0.2) is 4.68 Å². The lowest BCUT2D eigenvalue weighted by atomic mass is 10.4. The van der Waals surface area contributed by atoms with Gasteiger partial charge in [0.05, 0.1) is 5.52 Å². The van der Waals surface area contributed by atoms with Crippen LogP contribution in [0.5, 0.6) is 0 Å². The summed E-state index contributed by atoms with van der Waals surface area (Å²) in [7, 11) is 0. The Kier molecular flexibility index (Phi) is 2.08. The van der Waals surface area contributed by atoms with Crippen LogP contribution in [0.4, 0.5) is 0 Å². The van der Waals surface area contributed by atoms with Crippen LogP contribution in [0.2, 0.25) is 0 Å². The van der Waals surface area contributed by atoms with Gasteiger partial charge in [0.2, 0.25) is 0 Å². The van der Waals surface area contributed by atoms with E-state index in [2.05, 4.69) is 11.0 Å². The molecule has 0 atom stereocenters. The Morgan fingerprint density at radius 2 is 2.17 bits per heavy atom. The van der Waals surface area contributed by atoms with Crippen molar-refractivity contribution >= 4 is 16.6 Å². The summed E-state index contributed by atoms with van der Waals surface area (Å²) in [6.07, 6.45) is 5.22. The van der Waals surface area contributed by atoms with Crippen LogP contribution in [0.25, 0.3) is 16.6 Å². The molecule has 0 amide bonds. The summed E-state index contributed by atoms with van der Waals surface area (Å²) in [5.74, 6) is 3.93. The highest BCUT2D eigenvalue weighted by Crippen LogP contribution is 2.22. The Morgan fingerprint density at radius 3 is 2.89 bits per heavy atom. The van der Waals surface area contributed by atoms with Gasteiger partial charge in [0.15, 0.2) is 5.58 Å². The second-order valence-electron chi connectivity index (χ2n) is 4.19. The van der Waals surface area contributed by atoms with Crippen molar-refractivity contribution in [3.8, 4) is 12.3 Å². The Bertz CT molecular complexity index is 858. The van der Waals surface area contributed by atoms with Gasteiger partial charge in [0, 0.05) is 12.1 Å². The van der Waals surface area contributed by atoms with Crippen LogP contribution in [0, 0.1) is 26.2 Å². The van der Waals surface area contributed by atoms with Crippen molar-refractivity contribution in [3.63, 3.8) is 0 Å². The van der Waals surface area contributed by atoms with Crippen LogP contribution >= 0.6 is 0 Å². The maximum atomic E-state index is 12.2. The van der Waals surface area contributed by atoms with Crippen molar-refractivity contribution in [2.24, 2.45) is 0 Å². The lowest BCUT2D eigenvalue weighted by Crippen LogP contribution is -2.25. The second-order valence-corrected chi connectivity index (χ2v) is 4.19. The molecule has 3 aromatic heterocycles. The average molecular weight is 241 g/mol.